The quantitative estimate of drug-likeness (QED) is 0.453. The van der Waals surface area contributed by atoms with E-state index in [-0.39, 0.29) is 17.3 Å². The van der Waals surface area contributed by atoms with Crippen molar-refractivity contribution in [3.8, 4) is 5.75 Å². The summed E-state index contributed by atoms with van der Waals surface area (Å²) < 4.78 is 32.8. The maximum atomic E-state index is 13.9. The van der Waals surface area contributed by atoms with Crippen LogP contribution in [-0.2, 0) is 0 Å². The normalized spacial score (nSPS) is 10.4. The summed E-state index contributed by atoms with van der Waals surface area (Å²) in [6.07, 6.45) is 1.07. The van der Waals surface area contributed by atoms with E-state index in [1.54, 1.807) is 31.2 Å². The van der Waals surface area contributed by atoms with Gasteiger partial charge in [-0.15, -0.1) is 0 Å². The largest absolute Gasteiger partial charge is 0.492 e. The fraction of sp³-hybridized carbons (Fsp3) is 0.111. The monoisotopic (exact) mass is 387 g/mol. The SMILES string of the molecule is CCOc1ccccc1Nc1ncnc(Nc2cc(F)ccc2F)c1[N+](=O)[O-]. The van der Waals surface area contributed by atoms with E-state index >= 15 is 0 Å². The molecule has 0 saturated carbocycles. The zero-order valence-corrected chi connectivity index (χ0v) is 14.6. The summed E-state index contributed by atoms with van der Waals surface area (Å²) in [5.74, 6) is -1.44. The summed E-state index contributed by atoms with van der Waals surface area (Å²) in [7, 11) is 0. The number of anilines is 4. The van der Waals surface area contributed by atoms with Crippen molar-refractivity contribution in [1.82, 2.24) is 9.97 Å². The van der Waals surface area contributed by atoms with E-state index in [0.29, 0.717) is 18.0 Å². The zero-order chi connectivity index (χ0) is 20.1. The van der Waals surface area contributed by atoms with Crippen molar-refractivity contribution < 1.29 is 18.4 Å². The van der Waals surface area contributed by atoms with Crippen molar-refractivity contribution in [3.63, 3.8) is 0 Å². The topological polar surface area (TPSA) is 102 Å². The summed E-state index contributed by atoms with van der Waals surface area (Å²) in [6.45, 7) is 2.20. The molecule has 2 aromatic carbocycles. The van der Waals surface area contributed by atoms with E-state index in [1.807, 2.05) is 0 Å². The predicted molar refractivity (Wildman–Crippen MR) is 99.2 cm³/mol. The van der Waals surface area contributed by atoms with Gasteiger partial charge in [0.1, 0.15) is 23.7 Å². The van der Waals surface area contributed by atoms with Gasteiger partial charge in [-0.05, 0) is 31.2 Å². The van der Waals surface area contributed by atoms with Crippen LogP contribution in [-0.4, -0.2) is 21.5 Å². The predicted octanol–water partition coefficient (Wildman–Crippen LogP) is 4.55. The molecule has 0 unspecified atom stereocenters. The van der Waals surface area contributed by atoms with Crippen LogP contribution in [0.3, 0.4) is 0 Å². The van der Waals surface area contributed by atoms with Crippen molar-refractivity contribution in [3.05, 3.63) is 70.5 Å². The Morgan fingerprint density at radius 3 is 2.43 bits per heavy atom. The second-order valence-electron chi connectivity index (χ2n) is 5.48. The Morgan fingerprint density at radius 1 is 1.07 bits per heavy atom. The molecular formula is C18H15F2N5O3. The van der Waals surface area contributed by atoms with Crippen LogP contribution in [0.4, 0.5) is 37.5 Å². The van der Waals surface area contributed by atoms with Crippen molar-refractivity contribution >= 4 is 28.7 Å². The summed E-state index contributed by atoms with van der Waals surface area (Å²) in [5.41, 5.74) is -0.367. The molecule has 3 rings (SSSR count). The number of aromatic nitrogens is 2. The fourth-order valence-corrected chi connectivity index (χ4v) is 2.43. The van der Waals surface area contributed by atoms with Gasteiger partial charge < -0.3 is 15.4 Å². The average molecular weight is 387 g/mol. The van der Waals surface area contributed by atoms with Gasteiger partial charge in [0.15, 0.2) is 0 Å². The van der Waals surface area contributed by atoms with Crippen LogP contribution in [0.5, 0.6) is 5.75 Å². The number of benzene rings is 2. The molecule has 144 valence electrons. The minimum atomic E-state index is -0.787. The molecule has 0 spiro atoms. The molecule has 0 fully saturated rings. The smallest absolute Gasteiger partial charge is 0.353 e. The first-order valence-corrected chi connectivity index (χ1v) is 8.20. The number of hydrogen-bond donors (Lipinski definition) is 2. The van der Waals surface area contributed by atoms with Gasteiger partial charge in [0.05, 0.1) is 22.9 Å². The molecule has 2 N–H and O–H groups in total. The Morgan fingerprint density at radius 2 is 1.75 bits per heavy atom. The van der Waals surface area contributed by atoms with Gasteiger partial charge >= 0.3 is 5.69 Å². The lowest BCUT2D eigenvalue weighted by Gasteiger charge is -2.13. The lowest BCUT2D eigenvalue weighted by Crippen LogP contribution is -2.07. The highest BCUT2D eigenvalue weighted by Crippen LogP contribution is 2.35. The molecule has 0 aliphatic rings. The Balaban J connectivity index is 2.01. The standard InChI is InChI=1S/C18H15F2N5O3/c1-2-28-15-6-4-3-5-13(15)23-17-16(25(26)27)18(22-10-21-17)24-14-9-11(19)7-8-12(14)20/h3-10H,2H2,1H3,(H2,21,22,23,24). The number of ether oxygens (including phenoxy) is 1. The van der Waals surface area contributed by atoms with Crippen LogP contribution in [0.25, 0.3) is 0 Å². The van der Waals surface area contributed by atoms with Crippen molar-refractivity contribution in [2.24, 2.45) is 0 Å². The number of hydrogen-bond acceptors (Lipinski definition) is 7. The minimum absolute atomic E-state index is 0.133. The lowest BCUT2D eigenvalue weighted by molar-refractivity contribution is -0.383. The molecule has 0 saturated heterocycles. The molecule has 0 atom stereocenters. The molecule has 3 aromatic rings. The molecule has 1 aromatic heterocycles. The number of halogens is 2. The third kappa shape index (κ3) is 4.11. The van der Waals surface area contributed by atoms with Gasteiger partial charge in [-0.25, -0.2) is 18.7 Å². The number of para-hydroxylation sites is 2. The summed E-state index contributed by atoms with van der Waals surface area (Å²) in [6, 6.07) is 9.55. The van der Waals surface area contributed by atoms with Crippen LogP contribution in [0, 0.1) is 21.7 Å². The third-order valence-corrected chi connectivity index (χ3v) is 3.63. The number of nitrogens with zero attached hydrogens (tertiary/aromatic N) is 3. The molecule has 0 bridgehead atoms. The highest BCUT2D eigenvalue weighted by atomic mass is 19.1. The van der Waals surface area contributed by atoms with Crippen LogP contribution in [0.2, 0.25) is 0 Å². The first-order chi connectivity index (χ1) is 13.5. The Kier molecular flexibility index (Phi) is 5.58. The number of nitro groups is 1. The molecule has 0 aliphatic heterocycles. The number of nitrogens with one attached hydrogen (secondary N) is 2. The van der Waals surface area contributed by atoms with Crippen LogP contribution in [0.15, 0.2) is 48.8 Å². The molecule has 1 heterocycles. The Bertz CT molecular complexity index is 1020. The van der Waals surface area contributed by atoms with Gasteiger partial charge in [0.2, 0.25) is 11.6 Å². The summed E-state index contributed by atoms with van der Waals surface area (Å²) >= 11 is 0. The number of rotatable bonds is 7. The first-order valence-electron chi connectivity index (χ1n) is 8.20. The maximum absolute atomic E-state index is 13.9. The van der Waals surface area contributed by atoms with Gasteiger partial charge in [0, 0.05) is 6.07 Å². The highest BCUT2D eigenvalue weighted by Gasteiger charge is 2.24. The maximum Gasteiger partial charge on any atom is 0.353 e. The molecule has 0 radical (unpaired) electrons. The minimum Gasteiger partial charge on any atom is -0.492 e. The van der Waals surface area contributed by atoms with E-state index < -0.39 is 22.2 Å². The Hall–Kier alpha value is -3.82. The summed E-state index contributed by atoms with van der Waals surface area (Å²) in [4.78, 5) is 18.6. The van der Waals surface area contributed by atoms with Gasteiger partial charge in [-0.3, -0.25) is 10.1 Å². The zero-order valence-electron chi connectivity index (χ0n) is 14.6. The van der Waals surface area contributed by atoms with E-state index in [0.717, 1.165) is 24.5 Å². The van der Waals surface area contributed by atoms with Crippen LogP contribution < -0.4 is 15.4 Å². The third-order valence-electron chi connectivity index (χ3n) is 3.63. The van der Waals surface area contributed by atoms with E-state index in [4.69, 9.17) is 4.74 Å². The van der Waals surface area contributed by atoms with Crippen molar-refractivity contribution in [1.29, 1.82) is 0 Å². The van der Waals surface area contributed by atoms with Crippen LogP contribution >= 0.6 is 0 Å². The van der Waals surface area contributed by atoms with E-state index in [2.05, 4.69) is 20.6 Å². The molecule has 28 heavy (non-hydrogen) atoms. The molecule has 0 aliphatic carbocycles. The Labute approximate surface area is 158 Å². The highest BCUT2D eigenvalue weighted by molar-refractivity contribution is 5.78. The van der Waals surface area contributed by atoms with Crippen molar-refractivity contribution in [2.45, 2.75) is 6.92 Å². The van der Waals surface area contributed by atoms with Gasteiger partial charge in [0.25, 0.3) is 0 Å². The summed E-state index contributed by atoms with van der Waals surface area (Å²) in [5, 5.41) is 16.9. The van der Waals surface area contributed by atoms with Gasteiger partial charge in [-0.1, -0.05) is 12.1 Å². The average Bonchev–Trinajstić information content (AvgIpc) is 2.66. The van der Waals surface area contributed by atoms with E-state index in [9.17, 15) is 18.9 Å². The van der Waals surface area contributed by atoms with E-state index in [1.165, 1.54) is 0 Å². The molecule has 8 nitrogen and oxygen atoms in total. The van der Waals surface area contributed by atoms with Crippen molar-refractivity contribution in [2.75, 3.05) is 17.2 Å². The first kappa shape index (κ1) is 19.0. The lowest BCUT2D eigenvalue weighted by atomic mass is 10.2. The fourth-order valence-electron chi connectivity index (χ4n) is 2.43. The second-order valence-corrected chi connectivity index (χ2v) is 5.48. The molecule has 0 amide bonds. The van der Waals surface area contributed by atoms with Gasteiger partial charge in [-0.2, -0.15) is 0 Å². The second kappa shape index (κ2) is 8.25. The molecule has 10 heteroatoms. The van der Waals surface area contributed by atoms with Crippen LogP contribution in [0.1, 0.15) is 6.92 Å². The molecular weight excluding hydrogens is 372 g/mol.